The zero-order chi connectivity index (χ0) is 23.1. The topological polar surface area (TPSA) is 67.7 Å². The van der Waals surface area contributed by atoms with Gasteiger partial charge < -0.3 is 23.8 Å². The molecule has 0 saturated carbocycles. The van der Waals surface area contributed by atoms with Gasteiger partial charge in [0.25, 0.3) is 5.91 Å². The second kappa shape index (κ2) is 8.45. The number of aromatic amines is 1. The van der Waals surface area contributed by atoms with Crippen LogP contribution in [0, 0.1) is 13.8 Å². The highest BCUT2D eigenvalue weighted by atomic mass is 16.5. The zero-order valence-corrected chi connectivity index (χ0v) is 19.4. The Morgan fingerprint density at radius 2 is 1.91 bits per heavy atom. The Morgan fingerprint density at radius 1 is 1.09 bits per heavy atom. The normalized spacial score (nSPS) is 15.6. The number of nitrogens with zero attached hydrogens (tertiary/aromatic N) is 1. The fraction of sp³-hybridized carbons (Fsp3) is 0.296. The van der Waals surface area contributed by atoms with Crippen molar-refractivity contribution in [3.8, 4) is 5.75 Å². The quantitative estimate of drug-likeness (QED) is 0.452. The van der Waals surface area contributed by atoms with E-state index in [-0.39, 0.29) is 11.9 Å². The number of H-pyrrole nitrogens is 1. The van der Waals surface area contributed by atoms with Crippen LogP contribution in [0.2, 0.25) is 0 Å². The van der Waals surface area contributed by atoms with E-state index in [4.69, 9.17) is 13.9 Å². The molecular formula is C27H28N2O4. The van der Waals surface area contributed by atoms with E-state index in [2.05, 4.69) is 43.1 Å². The Morgan fingerprint density at radius 3 is 2.70 bits per heavy atom. The Kier molecular flexibility index (Phi) is 5.46. The smallest absolute Gasteiger partial charge is 0.290 e. The van der Waals surface area contributed by atoms with Crippen LogP contribution >= 0.6 is 0 Å². The Labute approximate surface area is 193 Å². The van der Waals surface area contributed by atoms with Crippen LogP contribution in [0.4, 0.5) is 0 Å². The number of amides is 1. The fourth-order valence-corrected chi connectivity index (χ4v) is 4.97. The van der Waals surface area contributed by atoms with Gasteiger partial charge in [0.05, 0.1) is 13.2 Å². The number of para-hydroxylation sites is 1. The molecule has 1 N–H and O–H groups in total. The van der Waals surface area contributed by atoms with Crippen LogP contribution in [-0.4, -0.2) is 36.6 Å². The SMILES string of the molecule is COCc1ccc(C(=O)N2CCc3c([nH]c4ccccc34)[C@H]2c2ccc(OC)c(C)c2C)o1. The van der Waals surface area contributed by atoms with Crippen molar-refractivity contribution in [2.45, 2.75) is 32.9 Å². The summed E-state index contributed by atoms with van der Waals surface area (Å²) >= 11 is 0. The standard InChI is InChI=1S/C27H28N2O4/c1-16-17(2)23(32-4)12-10-19(16)26-25-21(20-7-5-6-8-22(20)28-25)13-14-29(26)27(30)24-11-9-18(33-24)15-31-3/h5-12,26,28H,13-15H2,1-4H3/t26-/m1/s1. The summed E-state index contributed by atoms with van der Waals surface area (Å²) in [7, 11) is 3.29. The van der Waals surface area contributed by atoms with Crippen molar-refractivity contribution < 1.29 is 18.7 Å². The second-order valence-corrected chi connectivity index (χ2v) is 8.52. The molecule has 33 heavy (non-hydrogen) atoms. The van der Waals surface area contributed by atoms with Gasteiger partial charge >= 0.3 is 0 Å². The highest BCUT2D eigenvalue weighted by Gasteiger charge is 2.37. The highest BCUT2D eigenvalue weighted by molar-refractivity contribution is 5.93. The molecule has 1 aliphatic heterocycles. The number of ether oxygens (including phenoxy) is 2. The first-order chi connectivity index (χ1) is 16.0. The van der Waals surface area contributed by atoms with Crippen molar-refractivity contribution in [3.63, 3.8) is 0 Å². The van der Waals surface area contributed by atoms with Gasteiger partial charge in [-0.1, -0.05) is 24.3 Å². The molecule has 0 saturated heterocycles. The summed E-state index contributed by atoms with van der Waals surface area (Å²) < 4.78 is 16.5. The number of nitrogens with one attached hydrogen (secondary N) is 1. The van der Waals surface area contributed by atoms with E-state index in [9.17, 15) is 4.79 Å². The molecule has 0 aliphatic carbocycles. The average molecular weight is 445 g/mol. The molecule has 4 aromatic rings. The van der Waals surface area contributed by atoms with Gasteiger partial charge in [-0.2, -0.15) is 0 Å². The Balaban J connectivity index is 1.66. The lowest BCUT2D eigenvalue weighted by Crippen LogP contribution is -2.40. The first-order valence-corrected chi connectivity index (χ1v) is 11.2. The molecule has 0 radical (unpaired) electrons. The van der Waals surface area contributed by atoms with E-state index in [0.717, 1.165) is 40.1 Å². The molecule has 0 fully saturated rings. The molecule has 2 aromatic heterocycles. The van der Waals surface area contributed by atoms with Crippen LogP contribution in [-0.2, 0) is 17.8 Å². The predicted molar refractivity (Wildman–Crippen MR) is 127 cm³/mol. The molecule has 1 amide bonds. The van der Waals surface area contributed by atoms with Crippen molar-refractivity contribution in [2.75, 3.05) is 20.8 Å². The summed E-state index contributed by atoms with van der Waals surface area (Å²) in [5, 5.41) is 1.22. The largest absolute Gasteiger partial charge is 0.496 e. The third-order valence-electron chi connectivity index (χ3n) is 6.75. The number of furan rings is 1. The second-order valence-electron chi connectivity index (χ2n) is 8.52. The van der Waals surface area contributed by atoms with Crippen LogP contribution in [0.3, 0.4) is 0 Å². The summed E-state index contributed by atoms with van der Waals surface area (Å²) in [6.07, 6.45) is 0.779. The molecule has 0 unspecified atom stereocenters. The lowest BCUT2D eigenvalue weighted by Gasteiger charge is -2.37. The molecule has 0 bridgehead atoms. The number of fused-ring (bicyclic) bond motifs is 3. The van der Waals surface area contributed by atoms with Gasteiger partial charge in [0.1, 0.15) is 18.1 Å². The van der Waals surface area contributed by atoms with E-state index >= 15 is 0 Å². The van der Waals surface area contributed by atoms with Gasteiger partial charge in [-0.15, -0.1) is 0 Å². The third kappa shape index (κ3) is 3.51. The predicted octanol–water partition coefficient (Wildman–Crippen LogP) is 5.32. The minimum absolute atomic E-state index is 0.125. The monoisotopic (exact) mass is 444 g/mol. The molecule has 6 heteroatoms. The van der Waals surface area contributed by atoms with Gasteiger partial charge in [0.15, 0.2) is 5.76 Å². The number of rotatable bonds is 5. The van der Waals surface area contributed by atoms with Crippen LogP contribution in [0.1, 0.15) is 50.3 Å². The molecule has 170 valence electrons. The van der Waals surface area contributed by atoms with Gasteiger partial charge in [-0.05, 0) is 66.8 Å². The number of carbonyl (C=O) groups is 1. The average Bonchev–Trinajstić information content (AvgIpc) is 3.45. The third-order valence-corrected chi connectivity index (χ3v) is 6.75. The van der Waals surface area contributed by atoms with Gasteiger partial charge in [-0.25, -0.2) is 0 Å². The molecule has 0 spiro atoms. The van der Waals surface area contributed by atoms with Crippen LogP contribution in [0.25, 0.3) is 10.9 Å². The summed E-state index contributed by atoms with van der Waals surface area (Å²) in [6.45, 7) is 5.08. The maximum absolute atomic E-state index is 13.7. The number of carbonyl (C=O) groups excluding carboxylic acids is 1. The molecule has 1 aliphatic rings. The first-order valence-electron chi connectivity index (χ1n) is 11.2. The van der Waals surface area contributed by atoms with Crippen molar-refractivity contribution in [1.29, 1.82) is 0 Å². The molecule has 1 atom stereocenters. The molecule has 6 nitrogen and oxygen atoms in total. The Hall–Kier alpha value is -3.51. The molecular weight excluding hydrogens is 416 g/mol. The number of methoxy groups -OCH3 is 2. The Bertz CT molecular complexity index is 1330. The van der Waals surface area contributed by atoms with E-state index < -0.39 is 0 Å². The summed E-state index contributed by atoms with van der Waals surface area (Å²) in [5.74, 6) is 1.68. The maximum Gasteiger partial charge on any atom is 0.290 e. The van der Waals surface area contributed by atoms with E-state index in [1.807, 2.05) is 17.0 Å². The lowest BCUT2D eigenvalue weighted by molar-refractivity contribution is 0.0651. The summed E-state index contributed by atoms with van der Waals surface area (Å²) in [5.41, 5.74) is 6.69. The van der Waals surface area contributed by atoms with Crippen LogP contribution in [0.5, 0.6) is 5.75 Å². The minimum Gasteiger partial charge on any atom is -0.496 e. The highest BCUT2D eigenvalue weighted by Crippen LogP contribution is 2.41. The number of benzene rings is 2. The molecule has 3 heterocycles. The number of aromatic nitrogens is 1. The first kappa shape index (κ1) is 21.3. The summed E-state index contributed by atoms with van der Waals surface area (Å²) in [4.78, 5) is 19.2. The fourth-order valence-electron chi connectivity index (χ4n) is 4.97. The van der Waals surface area contributed by atoms with Gasteiger partial charge in [-0.3, -0.25) is 4.79 Å². The zero-order valence-electron chi connectivity index (χ0n) is 19.4. The van der Waals surface area contributed by atoms with Gasteiger partial charge in [0, 0.05) is 30.3 Å². The van der Waals surface area contributed by atoms with Crippen molar-refractivity contribution in [3.05, 3.63) is 88.0 Å². The number of hydrogen-bond donors (Lipinski definition) is 1. The lowest BCUT2D eigenvalue weighted by atomic mass is 9.88. The van der Waals surface area contributed by atoms with E-state index in [1.54, 1.807) is 26.4 Å². The van der Waals surface area contributed by atoms with Crippen molar-refractivity contribution in [2.24, 2.45) is 0 Å². The van der Waals surface area contributed by atoms with E-state index in [1.165, 1.54) is 10.9 Å². The summed E-state index contributed by atoms with van der Waals surface area (Å²) in [6, 6.07) is 15.7. The van der Waals surface area contributed by atoms with Crippen LogP contribution < -0.4 is 4.74 Å². The maximum atomic E-state index is 13.7. The van der Waals surface area contributed by atoms with Gasteiger partial charge in [0.2, 0.25) is 0 Å². The van der Waals surface area contributed by atoms with Crippen molar-refractivity contribution >= 4 is 16.8 Å². The minimum atomic E-state index is -0.255. The van der Waals surface area contributed by atoms with E-state index in [0.29, 0.717) is 24.7 Å². The molecule has 5 rings (SSSR count). The molecule has 2 aromatic carbocycles. The van der Waals surface area contributed by atoms with Crippen molar-refractivity contribution in [1.82, 2.24) is 9.88 Å². The number of hydrogen-bond acceptors (Lipinski definition) is 4. The van der Waals surface area contributed by atoms with Crippen LogP contribution in [0.15, 0.2) is 52.9 Å².